The Labute approximate surface area is 145 Å². The Bertz CT molecular complexity index is 674. The maximum absolute atomic E-state index is 12.1. The molecule has 0 aliphatic rings. The summed E-state index contributed by atoms with van der Waals surface area (Å²) >= 11 is 11.8. The van der Waals surface area contributed by atoms with Crippen LogP contribution in [0.5, 0.6) is 0 Å². The van der Waals surface area contributed by atoms with E-state index in [1.165, 1.54) is 12.4 Å². The van der Waals surface area contributed by atoms with E-state index >= 15 is 0 Å². The van der Waals surface area contributed by atoms with Crippen LogP contribution < -0.4 is 10.6 Å². The van der Waals surface area contributed by atoms with Gasteiger partial charge in [-0.15, -0.1) is 0 Å². The summed E-state index contributed by atoms with van der Waals surface area (Å²) < 4.78 is 0. The van der Waals surface area contributed by atoms with Gasteiger partial charge in [0.05, 0.1) is 15.6 Å². The highest BCUT2D eigenvalue weighted by atomic mass is 35.5. The van der Waals surface area contributed by atoms with Gasteiger partial charge >= 0.3 is 0 Å². The Kier molecular flexibility index (Phi) is 6.19. The van der Waals surface area contributed by atoms with Crippen LogP contribution in [0.15, 0.2) is 30.6 Å². The van der Waals surface area contributed by atoms with Gasteiger partial charge in [-0.25, -0.2) is 9.97 Å². The van der Waals surface area contributed by atoms with Gasteiger partial charge in [0.2, 0.25) is 5.95 Å². The summed E-state index contributed by atoms with van der Waals surface area (Å²) in [4.78, 5) is 20.4. The second-order valence-electron chi connectivity index (χ2n) is 5.49. The van der Waals surface area contributed by atoms with E-state index in [1.54, 1.807) is 18.2 Å². The zero-order valence-corrected chi connectivity index (χ0v) is 14.4. The van der Waals surface area contributed by atoms with Gasteiger partial charge in [0.25, 0.3) is 5.91 Å². The highest BCUT2D eigenvalue weighted by Gasteiger charge is 2.09. The largest absolute Gasteiger partial charge is 0.354 e. The molecule has 0 aliphatic heterocycles. The first-order valence-electron chi connectivity index (χ1n) is 7.28. The summed E-state index contributed by atoms with van der Waals surface area (Å²) in [5.74, 6) is 0.813. The minimum atomic E-state index is -0.308. The van der Waals surface area contributed by atoms with Crippen molar-refractivity contribution in [3.8, 4) is 0 Å². The van der Waals surface area contributed by atoms with Crippen LogP contribution in [-0.2, 0) is 0 Å². The molecular weight excluding hydrogens is 335 g/mol. The lowest BCUT2D eigenvalue weighted by molar-refractivity contribution is 0.102. The molecule has 0 saturated heterocycles. The number of anilines is 2. The lowest BCUT2D eigenvalue weighted by Gasteiger charge is -2.08. The third-order valence-corrected chi connectivity index (χ3v) is 3.84. The molecule has 122 valence electrons. The standard InChI is InChI=1S/C16H18Cl2N4O/c1-10(2)5-6-19-16-20-8-11(9-21-16)15(23)22-12-3-4-13(17)14(18)7-12/h3-4,7-10H,5-6H2,1-2H3,(H,22,23)(H,19,20,21). The first-order chi connectivity index (χ1) is 11.0. The van der Waals surface area contributed by atoms with Gasteiger partial charge in [0.15, 0.2) is 0 Å². The molecule has 5 nitrogen and oxygen atoms in total. The number of carbonyl (C=O) groups excluding carboxylic acids is 1. The molecule has 1 aromatic carbocycles. The van der Waals surface area contributed by atoms with Crippen molar-refractivity contribution in [2.45, 2.75) is 20.3 Å². The van der Waals surface area contributed by atoms with E-state index in [0.717, 1.165) is 13.0 Å². The van der Waals surface area contributed by atoms with E-state index in [-0.39, 0.29) is 5.91 Å². The summed E-state index contributed by atoms with van der Waals surface area (Å²) in [5, 5.41) is 6.66. The van der Waals surface area contributed by atoms with Crippen LogP contribution in [0.4, 0.5) is 11.6 Å². The van der Waals surface area contributed by atoms with E-state index in [0.29, 0.717) is 33.2 Å². The van der Waals surface area contributed by atoms with Gasteiger partial charge in [0, 0.05) is 24.6 Å². The molecule has 2 aromatic rings. The maximum atomic E-state index is 12.1. The Hall–Kier alpha value is -1.85. The van der Waals surface area contributed by atoms with E-state index in [1.807, 2.05) is 0 Å². The molecule has 0 atom stereocenters. The number of halogens is 2. The van der Waals surface area contributed by atoms with Gasteiger partial charge in [-0.05, 0) is 30.5 Å². The monoisotopic (exact) mass is 352 g/mol. The first-order valence-corrected chi connectivity index (χ1v) is 8.03. The molecule has 23 heavy (non-hydrogen) atoms. The SMILES string of the molecule is CC(C)CCNc1ncc(C(=O)Nc2ccc(Cl)c(Cl)c2)cn1. The zero-order valence-electron chi connectivity index (χ0n) is 12.9. The Balaban J connectivity index is 1.95. The van der Waals surface area contributed by atoms with Crippen LogP contribution in [0.3, 0.4) is 0 Å². The quantitative estimate of drug-likeness (QED) is 0.803. The number of aromatic nitrogens is 2. The topological polar surface area (TPSA) is 66.9 Å². The van der Waals surface area contributed by atoms with Crippen molar-refractivity contribution in [1.82, 2.24) is 9.97 Å². The molecule has 1 aromatic heterocycles. The van der Waals surface area contributed by atoms with E-state index in [2.05, 4.69) is 34.4 Å². The average Bonchev–Trinajstić information content (AvgIpc) is 2.51. The minimum absolute atomic E-state index is 0.308. The molecular formula is C16H18Cl2N4O. The fraction of sp³-hybridized carbons (Fsp3) is 0.312. The van der Waals surface area contributed by atoms with Crippen molar-refractivity contribution in [3.63, 3.8) is 0 Å². The fourth-order valence-corrected chi connectivity index (χ4v) is 2.08. The molecule has 0 bridgehead atoms. The molecule has 0 aliphatic carbocycles. The number of carbonyl (C=O) groups is 1. The van der Waals surface area contributed by atoms with Crippen molar-refractivity contribution in [2.24, 2.45) is 5.92 Å². The zero-order chi connectivity index (χ0) is 16.8. The lowest BCUT2D eigenvalue weighted by atomic mass is 10.1. The molecule has 0 unspecified atom stereocenters. The number of hydrogen-bond donors (Lipinski definition) is 2. The smallest absolute Gasteiger partial charge is 0.258 e. The summed E-state index contributed by atoms with van der Waals surface area (Å²) in [7, 11) is 0. The minimum Gasteiger partial charge on any atom is -0.354 e. The van der Waals surface area contributed by atoms with Crippen LogP contribution >= 0.6 is 23.2 Å². The molecule has 0 spiro atoms. The molecule has 2 rings (SSSR count). The van der Waals surface area contributed by atoms with Gasteiger partial charge in [0.1, 0.15) is 0 Å². The van der Waals surface area contributed by atoms with E-state index in [9.17, 15) is 4.79 Å². The summed E-state index contributed by atoms with van der Waals surface area (Å²) in [6.07, 6.45) is 4.00. The molecule has 7 heteroatoms. The molecule has 2 N–H and O–H groups in total. The number of nitrogens with one attached hydrogen (secondary N) is 2. The fourth-order valence-electron chi connectivity index (χ4n) is 1.79. The predicted octanol–water partition coefficient (Wildman–Crippen LogP) is 4.49. The third kappa shape index (κ3) is 5.37. The maximum Gasteiger partial charge on any atom is 0.258 e. The average molecular weight is 353 g/mol. The van der Waals surface area contributed by atoms with Crippen molar-refractivity contribution >= 4 is 40.7 Å². The first kappa shape index (κ1) is 17.5. The predicted molar refractivity (Wildman–Crippen MR) is 94.4 cm³/mol. The number of benzene rings is 1. The van der Waals surface area contributed by atoms with E-state index in [4.69, 9.17) is 23.2 Å². The van der Waals surface area contributed by atoms with Crippen LogP contribution in [0.25, 0.3) is 0 Å². The van der Waals surface area contributed by atoms with Gasteiger partial charge in [-0.1, -0.05) is 37.0 Å². The number of amides is 1. The number of rotatable bonds is 6. The second-order valence-corrected chi connectivity index (χ2v) is 6.30. The van der Waals surface area contributed by atoms with E-state index < -0.39 is 0 Å². The van der Waals surface area contributed by atoms with Crippen molar-refractivity contribution in [2.75, 3.05) is 17.2 Å². The summed E-state index contributed by atoms with van der Waals surface area (Å²) in [5.41, 5.74) is 0.925. The molecule has 1 amide bonds. The van der Waals surface area contributed by atoms with Crippen LogP contribution in [0.2, 0.25) is 10.0 Å². The molecule has 0 saturated carbocycles. The highest BCUT2D eigenvalue weighted by Crippen LogP contribution is 2.25. The van der Waals surface area contributed by atoms with Gasteiger partial charge < -0.3 is 10.6 Å². The molecule has 1 heterocycles. The molecule has 0 radical (unpaired) electrons. The normalized spacial score (nSPS) is 10.7. The Morgan fingerprint density at radius 1 is 1.17 bits per heavy atom. The summed E-state index contributed by atoms with van der Waals surface area (Å²) in [6, 6.07) is 4.89. The third-order valence-electron chi connectivity index (χ3n) is 3.10. The highest BCUT2D eigenvalue weighted by molar-refractivity contribution is 6.42. The van der Waals surface area contributed by atoms with Crippen molar-refractivity contribution in [1.29, 1.82) is 0 Å². The summed E-state index contributed by atoms with van der Waals surface area (Å²) in [6.45, 7) is 5.10. The second kappa shape index (κ2) is 8.13. The van der Waals surface area contributed by atoms with Crippen LogP contribution in [-0.4, -0.2) is 22.4 Å². The number of hydrogen-bond acceptors (Lipinski definition) is 4. The Morgan fingerprint density at radius 2 is 1.87 bits per heavy atom. The van der Waals surface area contributed by atoms with Crippen LogP contribution in [0.1, 0.15) is 30.6 Å². The lowest BCUT2D eigenvalue weighted by Crippen LogP contribution is -2.14. The van der Waals surface area contributed by atoms with Crippen LogP contribution in [0, 0.1) is 5.92 Å². The van der Waals surface area contributed by atoms with Gasteiger partial charge in [-0.2, -0.15) is 0 Å². The number of nitrogens with zero attached hydrogens (tertiary/aromatic N) is 2. The van der Waals surface area contributed by atoms with Gasteiger partial charge in [-0.3, -0.25) is 4.79 Å². The van der Waals surface area contributed by atoms with Crippen molar-refractivity contribution in [3.05, 3.63) is 46.2 Å². The Morgan fingerprint density at radius 3 is 2.48 bits per heavy atom. The van der Waals surface area contributed by atoms with Crippen molar-refractivity contribution < 1.29 is 4.79 Å². The molecule has 0 fully saturated rings.